The van der Waals surface area contributed by atoms with E-state index in [0.29, 0.717) is 19.0 Å². The minimum absolute atomic E-state index is 0.189. The van der Waals surface area contributed by atoms with Crippen LogP contribution in [0.3, 0.4) is 0 Å². The van der Waals surface area contributed by atoms with Gasteiger partial charge in [0.2, 0.25) is 11.1 Å². The lowest BCUT2D eigenvalue weighted by Crippen LogP contribution is -2.31. The van der Waals surface area contributed by atoms with Crippen LogP contribution in [-0.4, -0.2) is 26.3 Å². The van der Waals surface area contributed by atoms with Gasteiger partial charge in [-0.1, -0.05) is 61.2 Å². The molecule has 1 N–H and O–H groups in total. The van der Waals surface area contributed by atoms with Crippen molar-refractivity contribution in [2.45, 2.75) is 44.0 Å². The van der Waals surface area contributed by atoms with E-state index in [1.165, 1.54) is 0 Å². The quantitative estimate of drug-likeness (QED) is 0.554. The van der Waals surface area contributed by atoms with Gasteiger partial charge >= 0.3 is 0 Å². The van der Waals surface area contributed by atoms with Crippen molar-refractivity contribution < 1.29 is 9.53 Å². The molecule has 0 saturated carbocycles. The van der Waals surface area contributed by atoms with E-state index in [4.69, 9.17) is 9.84 Å². The van der Waals surface area contributed by atoms with E-state index in [9.17, 15) is 4.79 Å². The van der Waals surface area contributed by atoms with Crippen LogP contribution < -0.4 is 10.1 Å². The number of fused-ring (bicyclic) bond motifs is 1. The molecule has 0 fully saturated rings. The molecule has 1 aliphatic carbocycles. The van der Waals surface area contributed by atoms with Gasteiger partial charge in [-0.2, -0.15) is 4.98 Å². The van der Waals surface area contributed by atoms with Crippen LogP contribution in [0.15, 0.2) is 71.0 Å². The van der Waals surface area contributed by atoms with Crippen molar-refractivity contribution >= 4 is 23.5 Å². The summed E-state index contributed by atoms with van der Waals surface area (Å²) in [4.78, 5) is 17.5. The molecule has 158 valence electrons. The van der Waals surface area contributed by atoms with Crippen molar-refractivity contribution in [2.75, 3.05) is 11.1 Å². The van der Waals surface area contributed by atoms with Gasteiger partial charge in [-0.05, 0) is 41.9 Å². The number of benzene rings is 2. The number of ether oxygens (including phenoxy) is 1. The second kappa shape index (κ2) is 8.59. The molecule has 2 heterocycles. The minimum Gasteiger partial charge on any atom is -0.489 e. The molecule has 7 heteroatoms. The van der Waals surface area contributed by atoms with Gasteiger partial charge in [-0.25, -0.2) is 4.68 Å². The summed E-state index contributed by atoms with van der Waals surface area (Å²) in [5.74, 6) is 2.59. The van der Waals surface area contributed by atoms with Crippen LogP contribution in [-0.2, 0) is 11.4 Å². The number of carbonyl (C=O) groups is 1. The molecule has 1 aliphatic heterocycles. The first-order chi connectivity index (χ1) is 15.2. The third-order valence-electron chi connectivity index (χ3n) is 5.57. The maximum Gasteiger partial charge on any atom is 0.227 e. The first-order valence-electron chi connectivity index (χ1n) is 10.6. The molecule has 0 saturated heterocycles. The van der Waals surface area contributed by atoms with Crippen LogP contribution in [0.2, 0.25) is 0 Å². The Kier molecular flexibility index (Phi) is 5.51. The third kappa shape index (κ3) is 3.97. The maximum absolute atomic E-state index is 12.9. The van der Waals surface area contributed by atoms with E-state index in [1.54, 1.807) is 11.8 Å². The van der Waals surface area contributed by atoms with Gasteiger partial charge in [0.05, 0.1) is 0 Å². The average Bonchev–Trinajstić information content (AvgIpc) is 3.20. The lowest BCUT2D eigenvalue weighted by Gasteiger charge is -2.32. The Hall–Kier alpha value is -3.06. The van der Waals surface area contributed by atoms with Crippen LogP contribution in [0.1, 0.15) is 43.4 Å². The lowest BCUT2D eigenvalue weighted by atomic mass is 9.85. The number of nitrogens with zero attached hydrogens (tertiary/aromatic N) is 3. The largest absolute Gasteiger partial charge is 0.489 e. The molecule has 0 spiro atoms. The Morgan fingerprint density at radius 3 is 2.71 bits per heavy atom. The van der Waals surface area contributed by atoms with Crippen molar-refractivity contribution in [3.63, 3.8) is 0 Å². The van der Waals surface area contributed by atoms with Crippen LogP contribution >= 0.6 is 11.8 Å². The van der Waals surface area contributed by atoms with E-state index < -0.39 is 0 Å². The highest BCUT2D eigenvalue weighted by Crippen LogP contribution is 2.40. The van der Waals surface area contributed by atoms with Crippen molar-refractivity contribution in [1.82, 2.24) is 14.8 Å². The fourth-order valence-corrected chi connectivity index (χ4v) is 4.68. The van der Waals surface area contributed by atoms with Crippen molar-refractivity contribution in [3.8, 4) is 5.75 Å². The molecule has 0 amide bonds. The maximum atomic E-state index is 12.9. The van der Waals surface area contributed by atoms with Crippen LogP contribution in [0.25, 0.3) is 0 Å². The number of ketones is 1. The fourth-order valence-electron chi connectivity index (χ4n) is 4.12. The Morgan fingerprint density at radius 2 is 1.94 bits per heavy atom. The Balaban J connectivity index is 1.45. The van der Waals surface area contributed by atoms with E-state index in [0.717, 1.165) is 51.9 Å². The molecular formula is C24H24N4O2S. The molecule has 2 aromatic carbocycles. The summed E-state index contributed by atoms with van der Waals surface area (Å²) in [5.41, 5.74) is 3.93. The van der Waals surface area contributed by atoms with Crippen LogP contribution in [0.5, 0.6) is 5.75 Å². The topological polar surface area (TPSA) is 69.0 Å². The van der Waals surface area contributed by atoms with Gasteiger partial charge in [-0.3, -0.25) is 4.79 Å². The van der Waals surface area contributed by atoms with Crippen molar-refractivity contribution in [3.05, 3.63) is 77.0 Å². The Labute approximate surface area is 185 Å². The number of hydrogen-bond donors (Lipinski definition) is 1. The second-order valence-corrected chi connectivity index (χ2v) is 8.87. The van der Waals surface area contributed by atoms with E-state index in [-0.39, 0.29) is 11.8 Å². The number of allylic oxidation sites excluding steroid dienone is 2. The minimum atomic E-state index is -0.263. The number of anilines is 1. The van der Waals surface area contributed by atoms with Gasteiger partial charge in [0.1, 0.15) is 18.4 Å². The zero-order valence-electron chi connectivity index (χ0n) is 17.4. The second-order valence-electron chi connectivity index (χ2n) is 7.64. The normalized spacial score (nSPS) is 17.7. The van der Waals surface area contributed by atoms with Gasteiger partial charge in [0.15, 0.2) is 5.78 Å². The zero-order valence-corrected chi connectivity index (χ0v) is 18.2. The predicted molar refractivity (Wildman–Crippen MR) is 121 cm³/mol. The molecule has 0 radical (unpaired) electrons. The molecule has 6 nitrogen and oxygen atoms in total. The molecule has 3 aromatic rings. The predicted octanol–water partition coefficient (Wildman–Crippen LogP) is 4.99. The number of rotatable bonds is 6. The monoisotopic (exact) mass is 432 g/mol. The molecule has 1 aromatic heterocycles. The summed E-state index contributed by atoms with van der Waals surface area (Å²) in [6, 6.07) is 17.8. The summed E-state index contributed by atoms with van der Waals surface area (Å²) < 4.78 is 7.80. The van der Waals surface area contributed by atoms with Gasteiger partial charge in [0.25, 0.3) is 0 Å². The van der Waals surface area contributed by atoms with Crippen LogP contribution in [0, 0.1) is 0 Å². The first-order valence-corrected chi connectivity index (χ1v) is 11.6. The summed E-state index contributed by atoms with van der Waals surface area (Å²) in [6.45, 7) is 2.60. The van der Waals surface area contributed by atoms with Gasteiger partial charge in [0, 0.05) is 17.7 Å². The standard InChI is InChI=1S/C24H24N4O2S/c1-2-31-24-26-23-25-19-9-6-10-20(29)21(19)22(28(23)27-24)17-11-13-18(14-12-17)30-15-16-7-4-3-5-8-16/h3-5,7-8,11-14,22H,2,6,9-10,15H2,1H3,(H,25,26,27). The van der Waals surface area contributed by atoms with Crippen LogP contribution in [0.4, 0.5) is 5.95 Å². The SMILES string of the molecule is CCSc1nc2n(n1)C(c1ccc(OCc3ccccc3)cc1)C1=C(CCCC1=O)N2. The smallest absolute Gasteiger partial charge is 0.227 e. The molecular weight excluding hydrogens is 408 g/mol. The van der Waals surface area contributed by atoms with E-state index >= 15 is 0 Å². The number of hydrogen-bond acceptors (Lipinski definition) is 6. The Morgan fingerprint density at radius 1 is 1.13 bits per heavy atom. The molecule has 1 unspecified atom stereocenters. The van der Waals surface area contributed by atoms with Crippen molar-refractivity contribution in [1.29, 1.82) is 0 Å². The number of Topliss-reactive ketones (excluding diaryl/α,β-unsaturated/α-hetero) is 1. The van der Waals surface area contributed by atoms with Crippen molar-refractivity contribution in [2.24, 2.45) is 0 Å². The Bertz CT molecular complexity index is 1120. The lowest BCUT2D eigenvalue weighted by molar-refractivity contribution is -0.116. The molecule has 0 bridgehead atoms. The molecule has 1 atom stereocenters. The fraction of sp³-hybridized carbons (Fsp3) is 0.292. The first kappa shape index (κ1) is 19.9. The average molecular weight is 433 g/mol. The summed E-state index contributed by atoms with van der Waals surface area (Å²) in [6.07, 6.45) is 2.31. The van der Waals surface area contributed by atoms with E-state index in [1.807, 2.05) is 59.3 Å². The summed E-state index contributed by atoms with van der Waals surface area (Å²) >= 11 is 1.60. The van der Waals surface area contributed by atoms with E-state index in [2.05, 4.69) is 17.2 Å². The zero-order chi connectivity index (χ0) is 21.2. The number of thioether (sulfide) groups is 1. The highest BCUT2D eigenvalue weighted by Gasteiger charge is 2.36. The number of carbonyl (C=O) groups excluding carboxylic acids is 1. The highest BCUT2D eigenvalue weighted by atomic mass is 32.2. The number of aromatic nitrogens is 3. The third-order valence-corrected chi connectivity index (χ3v) is 6.29. The number of nitrogens with one attached hydrogen (secondary N) is 1. The van der Waals surface area contributed by atoms with Gasteiger partial charge in [-0.15, -0.1) is 5.10 Å². The molecule has 2 aliphatic rings. The molecule has 31 heavy (non-hydrogen) atoms. The molecule has 5 rings (SSSR count). The highest BCUT2D eigenvalue weighted by molar-refractivity contribution is 7.99. The summed E-state index contributed by atoms with van der Waals surface area (Å²) in [5, 5.41) is 8.81. The van der Waals surface area contributed by atoms with Gasteiger partial charge < -0.3 is 10.1 Å². The summed E-state index contributed by atoms with van der Waals surface area (Å²) in [7, 11) is 0.